The highest BCUT2D eigenvalue weighted by atomic mass is 35.5. The molecule has 0 saturated heterocycles. The molecule has 0 aliphatic heterocycles. The molecule has 4 nitrogen and oxygen atoms in total. The molecule has 21 heavy (non-hydrogen) atoms. The van der Waals surface area contributed by atoms with Crippen LogP contribution in [0.1, 0.15) is 5.56 Å². The number of benzene rings is 2. The lowest BCUT2D eigenvalue weighted by molar-refractivity contribution is 0.601. The summed E-state index contributed by atoms with van der Waals surface area (Å²) in [5.74, 6) is 0. The molecule has 2 aromatic carbocycles. The highest BCUT2D eigenvalue weighted by Gasteiger charge is 2.15. The van der Waals surface area contributed by atoms with Crippen LogP contribution in [0.4, 0.5) is 5.69 Å². The zero-order valence-electron chi connectivity index (χ0n) is 11.3. The highest BCUT2D eigenvalue weighted by Crippen LogP contribution is 2.23. The van der Waals surface area contributed by atoms with E-state index in [9.17, 15) is 8.42 Å². The molecule has 0 bridgehead atoms. The lowest BCUT2D eigenvalue weighted by Gasteiger charge is -2.10. The molecular formula is C14H15ClN2O2S2. The molecule has 112 valence electrons. The monoisotopic (exact) mass is 342 g/mol. The predicted molar refractivity (Wildman–Crippen MR) is 88.4 cm³/mol. The van der Waals surface area contributed by atoms with Crippen LogP contribution in [-0.4, -0.2) is 14.7 Å². The number of thioether (sulfide) groups is 1. The maximum atomic E-state index is 12.3. The Kier molecular flexibility index (Phi) is 5.16. The summed E-state index contributed by atoms with van der Waals surface area (Å²) in [5.41, 5.74) is 6.65. The third-order valence-electron chi connectivity index (χ3n) is 2.89. The van der Waals surface area contributed by atoms with Crippen LogP contribution in [-0.2, 0) is 16.6 Å². The molecule has 2 rings (SSSR count). The SMILES string of the molecule is CSc1ccc(NS(=O)(=O)c2ccc(Cl)c(CN)c2)cc1. The molecule has 2 aromatic rings. The summed E-state index contributed by atoms with van der Waals surface area (Å²) in [6.07, 6.45) is 1.96. The predicted octanol–water partition coefficient (Wildman–Crippen LogP) is 3.32. The zero-order valence-corrected chi connectivity index (χ0v) is 13.7. The number of rotatable bonds is 5. The van der Waals surface area contributed by atoms with Gasteiger partial charge in [-0.1, -0.05) is 11.6 Å². The van der Waals surface area contributed by atoms with Crippen LogP contribution in [0.3, 0.4) is 0 Å². The van der Waals surface area contributed by atoms with Gasteiger partial charge in [-0.25, -0.2) is 8.42 Å². The fourth-order valence-electron chi connectivity index (χ4n) is 1.75. The maximum Gasteiger partial charge on any atom is 0.261 e. The molecule has 0 fully saturated rings. The van der Waals surface area contributed by atoms with Gasteiger partial charge in [0.25, 0.3) is 10.0 Å². The molecule has 0 aliphatic rings. The standard InChI is InChI=1S/C14H15ClN2O2S2/c1-20-12-4-2-11(3-5-12)17-21(18,19)13-6-7-14(15)10(8-13)9-16/h2-8,17H,9,16H2,1H3. The van der Waals surface area contributed by atoms with Crippen molar-refractivity contribution < 1.29 is 8.42 Å². The first-order chi connectivity index (χ1) is 9.96. The van der Waals surface area contributed by atoms with Gasteiger partial charge in [-0.2, -0.15) is 0 Å². The van der Waals surface area contributed by atoms with Crippen LogP contribution in [0, 0.1) is 0 Å². The minimum absolute atomic E-state index is 0.140. The minimum atomic E-state index is -3.65. The van der Waals surface area contributed by atoms with Crippen LogP contribution in [0.15, 0.2) is 52.3 Å². The van der Waals surface area contributed by atoms with Crippen molar-refractivity contribution in [3.63, 3.8) is 0 Å². The lowest BCUT2D eigenvalue weighted by Crippen LogP contribution is -2.13. The van der Waals surface area contributed by atoms with Gasteiger partial charge in [-0.3, -0.25) is 4.72 Å². The van der Waals surface area contributed by atoms with Crippen molar-refractivity contribution in [3.05, 3.63) is 53.1 Å². The van der Waals surface area contributed by atoms with Crippen LogP contribution < -0.4 is 10.5 Å². The molecule has 0 atom stereocenters. The second kappa shape index (κ2) is 6.70. The quantitative estimate of drug-likeness (QED) is 0.817. The molecule has 0 heterocycles. The summed E-state index contributed by atoms with van der Waals surface area (Å²) in [4.78, 5) is 1.20. The minimum Gasteiger partial charge on any atom is -0.326 e. The van der Waals surface area contributed by atoms with Gasteiger partial charge in [0.15, 0.2) is 0 Å². The normalized spacial score (nSPS) is 11.4. The van der Waals surface area contributed by atoms with Crippen molar-refractivity contribution >= 4 is 39.1 Å². The highest BCUT2D eigenvalue weighted by molar-refractivity contribution is 7.98. The Bertz CT molecular complexity index is 731. The number of nitrogens with one attached hydrogen (secondary N) is 1. The van der Waals surface area contributed by atoms with Crippen molar-refractivity contribution in [2.75, 3.05) is 11.0 Å². The van der Waals surface area contributed by atoms with Gasteiger partial charge in [-0.15, -0.1) is 11.8 Å². The van der Waals surface area contributed by atoms with E-state index in [0.29, 0.717) is 16.3 Å². The number of hydrogen-bond acceptors (Lipinski definition) is 4. The molecule has 3 N–H and O–H groups in total. The van der Waals surface area contributed by atoms with Crippen LogP contribution in [0.2, 0.25) is 5.02 Å². The third-order valence-corrected chi connectivity index (χ3v) is 5.38. The average Bonchev–Trinajstić information content (AvgIpc) is 2.48. The number of anilines is 1. The summed E-state index contributed by atoms with van der Waals surface area (Å²) >= 11 is 7.54. The topological polar surface area (TPSA) is 72.2 Å². The Hall–Kier alpha value is -1.21. The molecule has 7 heteroatoms. The van der Waals surface area contributed by atoms with Crippen molar-refractivity contribution in [1.82, 2.24) is 0 Å². The van der Waals surface area contributed by atoms with Gasteiger partial charge in [0, 0.05) is 22.2 Å². The van der Waals surface area contributed by atoms with E-state index in [-0.39, 0.29) is 11.4 Å². The van der Waals surface area contributed by atoms with E-state index in [1.165, 1.54) is 18.2 Å². The molecule has 0 aliphatic carbocycles. The fourth-order valence-corrected chi connectivity index (χ4v) is 3.46. The van der Waals surface area contributed by atoms with E-state index in [1.807, 2.05) is 18.4 Å². The van der Waals surface area contributed by atoms with Crippen molar-refractivity contribution in [3.8, 4) is 0 Å². The fraction of sp³-hybridized carbons (Fsp3) is 0.143. The van der Waals surface area contributed by atoms with Crippen LogP contribution in [0.25, 0.3) is 0 Å². The largest absolute Gasteiger partial charge is 0.326 e. The first-order valence-electron chi connectivity index (χ1n) is 6.11. The lowest BCUT2D eigenvalue weighted by atomic mass is 10.2. The number of sulfonamides is 1. The van der Waals surface area contributed by atoms with Gasteiger partial charge in [0.05, 0.1) is 4.90 Å². The molecule has 0 aromatic heterocycles. The summed E-state index contributed by atoms with van der Waals surface area (Å²) in [6.45, 7) is 0.185. The summed E-state index contributed by atoms with van der Waals surface area (Å²) in [6, 6.07) is 11.6. The average molecular weight is 343 g/mol. The second-order valence-corrected chi connectivity index (χ2v) is 7.26. The van der Waals surface area contributed by atoms with Crippen LogP contribution >= 0.6 is 23.4 Å². The van der Waals surface area contributed by atoms with Gasteiger partial charge >= 0.3 is 0 Å². The molecule has 0 amide bonds. The first-order valence-corrected chi connectivity index (χ1v) is 9.20. The van der Waals surface area contributed by atoms with E-state index in [2.05, 4.69) is 4.72 Å². The second-order valence-electron chi connectivity index (χ2n) is 4.29. The van der Waals surface area contributed by atoms with Crippen molar-refractivity contribution in [1.29, 1.82) is 0 Å². The Morgan fingerprint density at radius 2 is 1.86 bits per heavy atom. The first kappa shape index (κ1) is 16.2. The van der Waals surface area contributed by atoms with Crippen molar-refractivity contribution in [2.24, 2.45) is 5.73 Å². The Morgan fingerprint density at radius 1 is 1.19 bits per heavy atom. The van der Waals surface area contributed by atoms with Gasteiger partial charge < -0.3 is 5.73 Å². The maximum absolute atomic E-state index is 12.3. The number of hydrogen-bond donors (Lipinski definition) is 2. The summed E-state index contributed by atoms with van der Waals surface area (Å²) in [7, 11) is -3.65. The third kappa shape index (κ3) is 3.91. The van der Waals surface area contributed by atoms with E-state index in [4.69, 9.17) is 17.3 Å². The van der Waals surface area contributed by atoms with Gasteiger partial charge in [0.2, 0.25) is 0 Å². The van der Waals surface area contributed by atoms with Crippen molar-refractivity contribution in [2.45, 2.75) is 16.3 Å². The zero-order chi connectivity index (χ0) is 15.5. The molecule has 0 spiro atoms. The van der Waals surface area contributed by atoms with E-state index in [1.54, 1.807) is 23.9 Å². The molecule has 0 unspecified atom stereocenters. The molecule has 0 saturated carbocycles. The van der Waals surface area contributed by atoms with Gasteiger partial charge in [-0.05, 0) is 54.3 Å². The van der Waals surface area contributed by atoms with E-state index >= 15 is 0 Å². The summed E-state index contributed by atoms with van der Waals surface area (Å²) in [5, 5.41) is 0.459. The Morgan fingerprint density at radius 3 is 2.43 bits per heavy atom. The van der Waals surface area contributed by atoms with Crippen LogP contribution in [0.5, 0.6) is 0 Å². The Balaban J connectivity index is 2.29. The smallest absolute Gasteiger partial charge is 0.261 e. The number of nitrogens with two attached hydrogens (primary N) is 1. The number of halogens is 1. The van der Waals surface area contributed by atoms with E-state index in [0.717, 1.165) is 4.90 Å². The summed E-state index contributed by atoms with van der Waals surface area (Å²) < 4.78 is 27.2. The van der Waals surface area contributed by atoms with E-state index < -0.39 is 10.0 Å². The molecule has 0 radical (unpaired) electrons. The molecular weight excluding hydrogens is 328 g/mol. The van der Waals surface area contributed by atoms with Gasteiger partial charge in [0.1, 0.15) is 0 Å². The Labute approximate surface area is 133 Å².